The van der Waals surface area contributed by atoms with Gasteiger partial charge in [-0.1, -0.05) is 34.8 Å². The lowest BCUT2D eigenvalue weighted by atomic mass is 10.1. The van der Waals surface area contributed by atoms with Crippen LogP contribution in [0.2, 0.25) is 15.1 Å². The molecule has 0 spiro atoms. The molecule has 3 rings (SSSR count). The molecule has 2 aromatic carbocycles. The van der Waals surface area contributed by atoms with Crippen LogP contribution in [0.4, 0.5) is 5.69 Å². The van der Waals surface area contributed by atoms with Crippen molar-refractivity contribution in [3.05, 3.63) is 81.3 Å². The highest BCUT2D eigenvalue weighted by molar-refractivity contribution is 6.42. The molecule has 0 aliphatic heterocycles. The molecule has 0 aliphatic carbocycles. The molecule has 1 heterocycles. The van der Waals surface area contributed by atoms with Crippen molar-refractivity contribution in [3.63, 3.8) is 0 Å². The monoisotopic (exact) mass is 421 g/mol. The minimum absolute atomic E-state index is 0.00619. The number of carbonyl (C=O) groups excluding carboxylic acids is 2. The zero-order valence-corrected chi connectivity index (χ0v) is 15.7. The van der Waals surface area contributed by atoms with Gasteiger partial charge in [-0.3, -0.25) is 9.78 Å². The Morgan fingerprint density at radius 3 is 2.48 bits per heavy atom. The SMILES string of the molecule is O=C(Oc1cc(Cl)ccc1C(=O)Nc1ccc(Cl)c(Cl)c1)c1cnccn1. The Labute approximate surface area is 169 Å². The van der Waals surface area contributed by atoms with Crippen molar-refractivity contribution >= 4 is 52.4 Å². The van der Waals surface area contributed by atoms with Crippen molar-refractivity contribution in [2.45, 2.75) is 0 Å². The standard InChI is InChI=1S/C18H10Cl3N3O3/c19-10-1-3-12(17(25)24-11-2-4-13(20)14(21)8-11)16(7-10)27-18(26)15-9-22-5-6-23-15/h1-9H,(H,24,25). The predicted molar refractivity (Wildman–Crippen MR) is 103 cm³/mol. The number of nitrogens with one attached hydrogen (secondary N) is 1. The Morgan fingerprint density at radius 2 is 1.78 bits per heavy atom. The third-order valence-electron chi connectivity index (χ3n) is 3.34. The van der Waals surface area contributed by atoms with E-state index < -0.39 is 11.9 Å². The fraction of sp³-hybridized carbons (Fsp3) is 0. The minimum atomic E-state index is -0.769. The normalized spacial score (nSPS) is 10.3. The first-order valence-electron chi connectivity index (χ1n) is 7.48. The number of carbonyl (C=O) groups is 2. The summed E-state index contributed by atoms with van der Waals surface area (Å²) >= 11 is 17.8. The van der Waals surface area contributed by atoms with Crippen molar-refractivity contribution in [3.8, 4) is 5.75 Å². The van der Waals surface area contributed by atoms with Crippen LogP contribution in [0, 0.1) is 0 Å². The van der Waals surface area contributed by atoms with E-state index in [1.165, 1.54) is 42.9 Å². The number of nitrogens with zero attached hydrogens (tertiary/aromatic N) is 2. The molecule has 0 saturated heterocycles. The molecule has 0 aliphatic rings. The second kappa shape index (κ2) is 8.35. The van der Waals surface area contributed by atoms with Gasteiger partial charge in [0.25, 0.3) is 5.91 Å². The number of amides is 1. The molecule has 9 heteroatoms. The summed E-state index contributed by atoms with van der Waals surface area (Å²) in [6.45, 7) is 0. The largest absolute Gasteiger partial charge is 0.421 e. The van der Waals surface area contributed by atoms with Crippen molar-refractivity contribution < 1.29 is 14.3 Å². The third kappa shape index (κ3) is 4.74. The number of aromatic nitrogens is 2. The van der Waals surface area contributed by atoms with Gasteiger partial charge < -0.3 is 10.1 Å². The number of ether oxygens (including phenoxy) is 1. The van der Waals surface area contributed by atoms with Crippen LogP contribution >= 0.6 is 34.8 Å². The van der Waals surface area contributed by atoms with Crippen LogP contribution in [-0.2, 0) is 0 Å². The summed E-state index contributed by atoms with van der Waals surface area (Å²) in [6.07, 6.45) is 4.03. The van der Waals surface area contributed by atoms with Gasteiger partial charge in [0.15, 0.2) is 5.69 Å². The molecular weight excluding hydrogens is 413 g/mol. The van der Waals surface area contributed by atoms with Gasteiger partial charge in [0.2, 0.25) is 0 Å². The van der Waals surface area contributed by atoms with Gasteiger partial charge in [-0.05, 0) is 30.3 Å². The summed E-state index contributed by atoms with van der Waals surface area (Å²) in [5, 5.41) is 3.60. The number of hydrogen-bond donors (Lipinski definition) is 1. The highest BCUT2D eigenvalue weighted by Crippen LogP contribution is 2.28. The van der Waals surface area contributed by atoms with E-state index in [0.29, 0.717) is 20.8 Å². The van der Waals surface area contributed by atoms with Crippen LogP contribution in [0.25, 0.3) is 0 Å². The summed E-state index contributed by atoms with van der Waals surface area (Å²) in [4.78, 5) is 32.5. The Morgan fingerprint density at radius 1 is 0.963 bits per heavy atom. The van der Waals surface area contributed by atoms with Crippen molar-refractivity contribution in [1.82, 2.24) is 9.97 Å². The lowest BCUT2D eigenvalue weighted by molar-refractivity contribution is 0.0726. The predicted octanol–water partition coefficient (Wildman–Crippen LogP) is 4.91. The summed E-state index contributed by atoms with van der Waals surface area (Å²) in [5.74, 6) is -1.31. The second-order valence-electron chi connectivity index (χ2n) is 5.20. The molecule has 1 aromatic heterocycles. The van der Waals surface area contributed by atoms with Gasteiger partial charge in [0, 0.05) is 29.2 Å². The first-order chi connectivity index (χ1) is 12.9. The zero-order valence-electron chi connectivity index (χ0n) is 13.4. The maximum Gasteiger partial charge on any atom is 0.363 e. The third-order valence-corrected chi connectivity index (χ3v) is 4.31. The number of benzene rings is 2. The molecule has 3 aromatic rings. The molecule has 0 fully saturated rings. The fourth-order valence-corrected chi connectivity index (χ4v) is 2.56. The Bertz CT molecular complexity index is 1010. The van der Waals surface area contributed by atoms with E-state index in [2.05, 4.69) is 15.3 Å². The van der Waals surface area contributed by atoms with Crippen molar-refractivity contribution in [1.29, 1.82) is 0 Å². The van der Waals surface area contributed by atoms with Crippen LogP contribution < -0.4 is 10.1 Å². The van der Waals surface area contributed by atoms with Crippen LogP contribution in [0.5, 0.6) is 5.75 Å². The summed E-state index contributed by atoms with van der Waals surface area (Å²) in [6, 6.07) is 8.95. The average Bonchev–Trinajstić information content (AvgIpc) is 2.65. The van der Waals surface area contributed by atoms with Crippen molar-refractivity contribution in [2.75, 3.05) is 5.32 Å². The van der Waals surface area contributed by atoms with E-state index in [9.17, 15) is 9.59 Å². The van der Waals surface area contributed by atoms with Crippen LogP contribution in [0.1, 0.15) is 20.8 Å². The molecule has 1 amide bonds. The number of rotatable bonds is 4. The van der Waals surface area contributed by atoms with Crippen molar-refractivity contribution in [2.24, 2.45) is 0 Å². The Balaban J connectivity index is 1.85. The van der Waals surface area contributed by atoms with E-state index in [1.54, 1.807) is 12.1 Å². The molecule has 136 valence electrons. The zero-order chi connectivity index (χ0) is 19.4. The average molecular weight is 423 g/mol. The molecule has 6 nitrogen and oxygen atoms in total. The minimum Gasteiger partial charge on any atom is -0.421 e. The molecule has 0 atom stereocenters. The first kappa shape index (κ1) is 19.1. The lowest BCUT2D eigenvalue weighted by Crippen LogP contribution is -2.17. The molecule has 1 N–H and O–H groups in total. The topological polar surface area (TPSA) is 81.2 Å². The van der Waals surface area contributed by atoms with E-state index in [1.807, 2.05) is 0 Å². The molecule has 0 unspecified atom stereocenters. The van der Waals surface area contributed by atoms with E-state index in [4.69, 9.17) is 39.5 Å². The summed E-state index contributed by atoms with van der Waals surface area (Å²) in [7, 11) is 0. The van der Waals surface area contributed by atoms with Crippen LogP contribution in [0.3, 0.4) is 0 Å². The number of halogens is 3. The van der Waals surface area contributed by atoms with Gasteiger partial charge in [0.05, 0.1) is 21.8 Å². The number of esters is 1. The van der Waals surface area contributed by atoms with Gasteiger partial charge in [-0.2, -0.15) is 0 Å². The molecule has 0 radical (unpaired) electrons. The van der Waals surface area contributed by atoms with Gasteiger partial charge in [0.1, 0.15) is 5.75 Å². The summed E-state index contributed by atoms with van der Waals surface area (Å²) in [5.41, 5.74) is 0.520. The highest BCUT2D eigenvalue weighted by Gasteiger charge is 2.18. The number of hydrogen-bond acceptors (Lipinski definition) is 5. The van der Waals surface area contributed by atoms with E-state index >= 15 is 0 Å². The van der Waals surface area contributed by atoms with Gasteiger partial charge >= 0.3 is 5.97 Å². The second-order valence-corrected chi connectivity index (χ2v) is 6.45. The Kier molecular flexibility index (Phi) is 5.91. The fourth-order valence-electron chi connectivity index (χ4n) is 2.10. The lowest BCUT2D eigenvalue weighted by Gasteiger charge is -2.11. The smallest absolute Gasteiger partial charge is 0.363 e. The highest BCUT2D eigenvalue weighted by atomic mass is 35.5. The van der Waals surface area contributed by atoms with E-state index in [0.717, 1.165) is 0 Å². The maximum atomic E-state index is 12.6. The summed E-state index contributed by atoms with van der Waals surface area (Å²) < 4.78 is 5.28. The van der Waals surface area contributed by atoms with Gasteiger partial charge in [-0.25, -0.2) is 9.78 Å². The van der Waals surface area contributed by atoms with E-state index in [-0.39, 0.29) is 17.0 Å². The van der Waals surface area contributed by atoms with Gasteiger partial charge in [-0.15, -0.1) is 0 Å². The molecular formula is C18H10Cl3N3O3. The maximum absolute atomic E-state index is 12.6. The molecule has 27 heavy (non-hydrogen) atoms. The first-order valence-corrected chi connectivity index (χ1v) is 8.61. The number of anilines is 1. The molecule has 0 saturated carbocycles. The Hall–Kier alpha value is -2.67. The van der Waals surface area contributed by atoms with Crippen LogP contribution in [0.15, 0.2) is 55.0 Å². The quantitative estimate of drug-likeness (QED) is 0.477. The molecule has 0 bridgehead atoms. The van der Waals surface area contributed by atoms with Crippen LogP contribution in [-0.4, -0.2) is 21.8 Å².